The largest absolute Gasteiger partial charge is 0.382 e. The Bertz CT molecular complexity index is 937. The van der Waals surface area contributed by atoms with Gasteiger partial charge in [-0.05, 0) is 75.2 Å². The van der Waals surface area contributed by atoms with Crippen LogP contribution in [-0.4, -0.2) is 41.5 Å². The third-order valence-corrected chi connectivity index (χ3v) is 9.61. The van der Waals surface area contributed by atoms with Crippen molar-refractivity contribution < 1.29 is 4.79 Å². The van der Waals surface area contributed by atoms with E-state index in [9.17, 15) is 4.79 Å². The average molecular weight is 525 g/mol. The summed E-state index contributed by atoms with van der Waals surface area (Å²) in [5.41, 5.74) is 2.83. The van der Waals surface area contributed by atoms with Gasteiger partial charge in [0.05, 0.1) is 11.9 Å². The summed E-state index contributed by atoms with van der Waals surface area (Å²) in [6.07, 6.45) is 5.92. The van der Waals surface area contributed by atoms with Gasteiger partial charge in [0, 0.05) is 30.2 Å². The first-order valence-corrected chi connectivity index (χ1v) is 14.9. The van der Waals surface area contributed by atoms with Gasteiger partial charge in [0.1, 0.15) is 6.04 Å². The zero-order chi connectivity index (χ0) is 28.6. The quantitative estimate of drug-likeness (QED) is 0.245. The van der Waals surface area contributed by atoms with Gasteiger partial charge in [-0.15, -0.1) is 0 Å². The van der Waals surface area contributed by atoms with Gasteiger partial charge in [-0.2, -0.15) is 0 Å². The first kappa shape index (κ1) is 30.4. The Morgan fingerprint density at radius 2 is 1.66 bits per heavy atom. The number of rotatable bonds is 13. The molecule has 3 aliphatic rings. The summed E-state index contributed by atoms with van der Waals surface area (Å²) >= 11 is 0. The third kappa shape index (κ3) is 7.07. The molecule has 1 amide bonds. The minimum absolute atomic E-state index is 0.131. The van der Waals surface area contributed by atoms with Crippen molar-refractivity contribution in [2.75, 3.05) is 13.1 Å². The molecule has 214 valence electrons. The first-order valence-electron chi connectivity index (χ1n) is 14.9. The van der Waals surface area contributed by atoms with Crippen LogP contribution in [0, 0.1) is 35.0 Å². The molecule has 3 N–H and O–H groups in total. The molecular weight excluding hydrogens is 468 g/mol. The highest BCUT2D eigenvalue weighted by Crippen LogP contribution is 2.55. The Morgan fingerprint density at radius 3 is 2.16 bits per heavy atom. The number of nitrogens with zero attached hydrogens (tertiary/aromatic N) is 1. The van der Waals surface area contributed by atoms with Gasteiger partial charge >= 0.3 is 0 Å². The second-order valence-electron chi connectivity index (χ2n) is 14.3. The van der Waals surface area contributed by atoms with Crippen LogP contribution in [0.5, 0.6) is 0 Å². The molecule has 2 aliphatic carbocycles. The number of likely N-dealkylation sites (tertiary alicyclic amines) is 1. The van der Waals surface area contributed by atoms with Crippen molar-refractivity contribution in [3.63, 3.8) is 0 Å². The molecule has 5 heteroatoms. The molecule has 0 spiro atoms. The van der Waals surface area contributed by atoms with E-state index in [4.69, 9.17) is 0 Å². The predicted molar refractivity (Wildman–Crippen MR) is 161 cm³/mol. The Hall–Kier alpha value is -2.17. The van der Waals surface area contributed by atoms with Crippen molar-refractivity contribution in [1.29, 1.82) is 0 Å². The summed E-state index contributed by atoms with van der Waals surface area (Å²) in [6.45, 7) is 36.0. The molecule has 0 radical (unpaired) electrons. The Balaban J connectivity index is 1.76. The second kappa shape index (κ2) is 11.5. The zero-order valence-electron chi connectivity index (χ0n) is 25.7. The maximum atomic E-state index is 14.2. The van der Waals surface area contributed by atoms with Gasteiger partial charge in [0.25, 0.3) is 0 Å². The summed E-state index contributed by atoms with van der Waals surface area (Å²) in [5.74, 6) is 3.60. The number of nitrogens with one attached hydrogen (secondary N) is 3. The van der Waals surface area contributed by atoms with Gasteiger partial charge in [-0.1, -0.05) is 78.8 Å². The van der Waals surface area contributed by atoms with E-state index in [1.165, 1.54) is 19.3 Å². The molecule has 3 rings (SSSR count). The monoisotopic (exact) mass is 524 g/mol. The zero-order valence-corrected chi connectivity index (χ0v) is 25.7. The lowest BCUT2D eigenvalue weighted by Crippen LogP contribution is -2.57. The Kier molecular flexibility index (Phi) is 9.21. The number of amides is 1. The molecule has 5 nitrogen and oxygen atoms in total. The van der Waals surface area contributed by atoms with Crippen molar-refractivity contribution >= 4 is 5.91 Å². The minimum atomic E-state index is -0.350. The third-order valence-electron chi connectivity index (χ3n) is 9.61. The summed E-state index contributed by atoms with van der Waals surface area (Å²) < 4.78 is 0. The highest BCUT2D eigenvalue weighted by molar-refractivity contribution is 5.83. The van der Waals surface area contributed by atoms with E-state index >= 15 is 0 Å². The first-order chi connectivity index (χ1) is 17.6. The molecule has 0 bridgehead atoms. The predicted octanol–water partition coefficient (Wildman–Crippen LogP) is 6.38. The van der Waals surface area contributed by atoms with Gasteiger partial charge < -0.3 is 20.9 Å². The summed E-state index contributed by atoms with van der Waals surface area (Å²) in [6, 6.07) is -0.180. The molecule has 1 aliphatic heterocycles. The van der Waals surface area contributed by atoms with Crippen LogP contribution in [0.25, 0.3) is 0 Å². The molecule has 2 saturated carbocycles. The summed E-state index contributed by atoms with van der Waals surface area (Å²) in [5, 5.41) is 10.7. The van der Waals surface area contributed by atoms with Crippen molar-refractivity contribution in [3.8, 4) is 0 Å². The van der Waals surface area contributed by atoms with Crippen molar-refractivity contribution in [2.45, 2.75) is 105 Å². The Labute approximate surface area is 233 Å². The van der Waals surface area contributed by atoms with E-state index < -0.39 is 0 Å². The standard InChI is InChI=1S/C33H56N4O/c1-13-33(11,12)30(35-24(7)36-32(8,9)10)31(38)37-18-26-22(5)29(26)27(19-37)23(6)34-28(21(4)20(2)3)17-25-15-14-16-25/h22,25-30,34-36H,2,4,6-7,13-19H2,1,3,5,8-12H3/t22?,26-,27?,28?,29?,30?/m1/s1. The van der Waals surface area contributed by atoms with E-state index in [0.717, 1.165) is 42.1 Å². The van der Waals surface area contributed by atoms with Gasteiger partial charge in [-0.25, -0.2) is 0 Å². The normalized spacial score (nSPS) is 26.8. The number of fused-ring (bicyclic) bond motifs is 1. The van der Waals surface area contributed by atoms with E-state index in [1.807, 2.05) is 6.92 Å². The number of piperidine rings is 1. The SMILES string of the molecule is C=C(NC(C(=O)N1CC(C(=C)NC(CC2CCC2)C(=C)C(=C)C)C2C(C)[C@H]2C1)C(C)(C)CC)NC(C)(C)C. The lowest BCUT2D eigenvalue weighted by atomic mass is 9.78. The highest BCUT2D eigenvalue weighted by atomic mass is 16.2. The lowest BCUT2D eigenvalue weighted by molar-refractivity contribution is -0.138. The summed E-state index contributed by atoms with van der Waals surface area (Å²) in [4.78, 5) is 16.3. The average Bonchev–Trinajstić information content (AvgIpc) is 3.45. The fourth-order valence-electron chi connectivity index (χ4n) is 6.36. The van der Waals surface area contributed by atoms with Gasteiger partial charge in [0.2, 0.25) is 5.91 Å². The van der Waals surface area contributed by atoms with Crippen molar-refractivity contribution in [2.24, 2.45) is 35.0 Å². The van der Waals surface area contributed by atoms with Crippen LogP contribution in [0.2, 0.25) is 0 Å². The smallest absolute Gasteiger partial charge is 0.245 e. The van der Waals surface area contributed by atoms with Crippen LogP contribution in [0.1, 0.15) is 87.5 Å². The molecule has 0 aromatic carbocycles. The summed E-state index contributed by atoms with van der Waals surface area (Å²) in [7, 11) is 0. The van der Waals surface area contributed by atoms with Gasteiger partial charge in [0.15, 0.2) is 0 Å². The van der Waals surface area contributed by atoms with E-state index in [-0.39, 0.29) is 34.9 Å². The molecular formula is C33H56N4O. The van der Waals surface area contributed by atoms with Crippen LogP contribution in [-0.2, 0) is 4.79 Å². The van der Waals surface area contributed by atoms with Crippen LogP contribution in [0.15, 0.2) is 49.0 Å². The molecule has 3 fully saturated rings. The topological polar surface area (TPSA) is 56.4 Å². The second-order valence-corrected chi connectivity index (χ2v) is 14.3. The molecule has 38 heavy (non-hydrogen) atoms. The van der Waals surface area contributed by atoms with E-state index in [0.29, 0.717) is 30.1 Å². The fourth-order valence-corrected chi connectivity index (χ4v) is 6.36. The van der Waals surface area contributed by atoms with Crippen molar-refractivity contribution in [3.05, 3.63) is 49.0 Å². The fraction of sp³-hybridized carbons (Fsp3) is 0.727. The Morgan fingerprint density at radius 1 is 1.03 bits per heavy atom. The molecule has 6 atom stereocenters. The van der Waals surface area contributed by atoms with Crippen LogP contribution >= 0.6 is 0 Å². The highest BCUT2D eigenvalue weighted by Gasteiger charge is 2.57. The molecule has 5 unspecified atom stereocenters. The maximum Gasteiger partial charge on any atom is 0.245 e. The number of hydrogen-bond acceptors (Lipinski definition) is 4. The van der Waals surface area contributed by atoms with Crippen LogP contribution in [0.3, 0.4) is 0 Å². The number of hydrogen-bond donors (Lipinski definition) is 3. The molecule has 1 saturated heterocycles. The van der Waals surface area contributed by atoms with E-state index in [2.05, 4.69) is 95.6 Å². The lowest BCUT2D eigenvalue weighted by Gasteiger charge is -2.42. The number of carbonyl (C=O) groups is 1. The van der Waals surface area contributed by atoms with Crippen LogP contribution in [0.4, 0.5) is 0 Å². The van der Waals surface area contributed by atoms with Gasteiger partial charge in [-0.3, -0.25) is 4.79 Å². The molecule has 1 heterocycles. The van der Waals surface area contributed by atoms with Crippen LogP contribution < -0.4 is 16.0 Å². The maximum absolute atomic E-state index is 14.2. The molecule has 0 aromatic heterocycles. The minimum Gasteiger partial charge on any atom is -0.382 e. The van der Waals surface area contributed by atoms with Crippen molar-refractivity contribution in [1.82, 2.24) is 20.9 Å². The molecule has 0 aromatic rings. The number of carbonyl (C=O) groups excluding carboxylic acids is 1. The van der Waals surface area contributed by atoms with E-state index in [1.54, 1.807) is 0 Å².